The van der Waals surface area contributed by atoms with E-state index in [1.54, 1.807) is 0 Å². The summed E-state index contributed by atoms with van der Waals surface area (Å²) >= 11 is 0. The maximum absolute atomic E-state index is 10.6. The number of fused-ring (bicyclic) bond motifs is 3. The molecule has 0 N–H and O–H groups in total. The third kappa shape index (κ3) is 6.43. The van der Waals surface area contributed by atoms with E-state index < -0.39 is 5.41 Å². The van der Waals surface area contributed by atoms with Gasteiger partial charge in [-0.3, -0.25) is 0 Å². The maximum Gasteiger partial charge on any atom is 0.164 e. The zero-order chi connectivity index (χ0) is 42.2. The molecule has 0 amide bonds. The molecule has 0 fully saturated rings. The molecule has 1 aliphatic carbocycles. The van der Waals surface area contributed by atoms with Gasteiger partial charge in [0, 0.05) is 22.3 Å². The smallest absolute Gasteiger partial charge is 0.164 e. The lowest BCUT2D eigenvalue weighted by Crippen LogP contribution is -2.29. The van der Waals surface area contributed by atoms with Gasteiger partial charge in [0.05, 0.1) is 17.0 Å². The van der Waals surface area contributed by atoms with Crippen LogP contribution in [0.15, 0.2) is 231 Å². The highest BCUT2D eigenvalue weighted by Crippen LogP contribution is 2.59. The average Bonchev–Trinajstić information content (AvgIpc) is 3.69. The first-order valence-electron chi connectivity index (χ1n) is 21.2. The predicted molar refractivity (Wildman–Crippen MR) is 254 cm³/mol. The van der Waals surface area contributed by atoms with Crippen LogP contribution in [0.3, 0.4) is 0 Å². The van der Waals surface area contributed by atoms with Crippen LogP contribution in [0.1, 0.15) is 27.8 Å². The Morgan fingerprint density at radius 1 is 0.317 bits per heavy atom. The quantitative estimate of drug-likeness (QED) is 0.153. The van der Waals surface area contributed by atoms with E-state index >= 15 is 0 Å². The van der Waals surface area contributed by atoms with Crippen LogP contribution in [0.2, 0.25) is 0 Å². The lowest BCUT2D eigenvalue weighted by molar-refractivity contribution is 0.770. The fourth-order valence-corrected chi connectivity index (χ4v) is 9.47. The van der Waals surface area contributed by atoms with E-state index in [2.05, 4.69) is 212 Å². The summed E-state index contributed by atoms with van der Waals surface area (Å²) in [7, 11) is 0. The topological polar surface area (TPSA) is 62.5 Å². The molecule has 10 aromatic rings. The summed E-state index contributed by atoms with van der Waals surface area (Å²) in [5.74, 6) is 1.74. The molecule has 0 atom stereocenters. The maximum atomic E-state index is 10.6. The van der Waals surface area contributed by atoms with E-state index in [1.807, 2.05) is 24.3 Å². The average molecular weight is 803 g/mol. The highest BCUT2D eigenvalue weighted by atomic mass is 15.0. The van der Waals surface area contributed by atoms with Crippen molar-refractivity contribution in [1.82, 2.24) is 15.0 Å². The fourth-order valence-electron chi connectivity index (χ4n) is 9.47. The first-order valence-corrected chi connectivity index (χ1v) is 21.2. The van der Waals surface area contributed by atoms with Gasteiger partial charge in [-0.2, -0.15) is 5.26 Å². The molecule has 63 heavy (non-hydrogen) atoms. The molecule has 294 valence electrons. The van der Waals surface area contributed by atoms with Crippen molar-refractivity contribution in [2.75, 3.05) is 0 Å². The molecule has 1 aliphatic rings. The van der Waals surface area contributed by atoms with E-state index in [-0.39, 0.29) is 0 Å². The molecule has 11 rings (SSSR count). The fraction of sp³-hybridized carbons (Fsp3) is 0.0169. The lowest BCUT2D eigenvalue weighted by Gasteiger charge is -2.35. The van der Waals surface area contributed by atoms with Crippen molar-refractivity contribution in [3.8, 4) is 84.7 Å². The third-order valence-corrected chi connectivity index (χ3v) is 12.3. The molecule has 4 heteroatoms. The van der Waals surface area contributed by atoms with Crippen LogP contribution in [0.5, 0.6) is 0 Å². The monoisotopic (exact) mass is 802 g/mol. The highest BCUT2D eigenvalue weighted by Gasteiger charge is 2.48. The lowest BCUT2D eigenvalue weighted by atomic mass is 9.66. The standard InChI is InChI=1S/C59H38N4/c60-39-46-21-15-30-53-54(46)52-29-16-28-50(55(52)59(53,47-22-9-3-10-23-47)48-24-11-4-12-25-48)49-26-13-14-27-51(49)58-62-56(44-35-31-42(32-36-44)40-17-5-1-6-18-40)61-57(63-58)45-37-33-43(34-38-45)41-19-7-2-8-20-41/h1-38H. The van der Waals surface area contributed by atoms with E-state index in [9.17, 15) is 5.26 Å². The van der Waals surface area contributed by atoms with Crippen molar-refractivity contribution < 1.29 is 0 Å². The molecule has 0 saturated carbocycles. The molecule has 0 spiro atoms. The van der Waals surface area contributed by atoms with Crippen LogP contribution < -0.4 is 0 Å². The number of hydrogen-bond acceptors (Lipinski definition) is 4. The largest absolute Gasteiger partial charge is 0.208 e. The molecule has 0 aliphatic heterocycles. The second-order valence-corrected chi connectivity index (χ2v) is 15.8. The van der Waals surface area contributed by atoms with Crippen LogP contribution in [-0.2, 0) is 5.41 Å². The Kier molecular flexibility index (Phi) is 9.41. The minimum absolute atomic E-state index is 0.570. The molecule has 0 saturated heterocycles. The zero-order valence-electron chi connectivity index (χ0n) is 34.2. The molecular formula is C59H38N4. The van der Waals surface area contributed by atoms with Gasteiger partial charge in [-0.15, -0.1) is 0 Å². The van der Waals surface area contributed by atoms with Crippen molar-refractivity contribution in [1.29, 1.82) is 5.26 Å². The Morgan fingerprint density at radius 2 is 0.714 bits per heavy atom. The zero-order valence-corrected chi connectivity index (χ0v) is 34.2. The Hall–Kier alpha value is -8.52. The Bertz CT molecular complexity index is 3160. The minimum atomic E-state index is -0.736. The number of nitriles is 1. The molecule has 0 unspecified atom stereocenters. The predicted octanol–water partition coefficient (Wildman–Crippen LogP) is 14.1. The van der Waals surface area contributed by atoms with Crippen molar-refractivity contribution >= 4 is 0 Å². The van der Waals surface area contributed by atoms with Crippen molar-refractivity contribution in [3.63, 3.8) is 0 Å². The summed E-state index contributed by atoms with van der Waals surface area (Å²) in [5.41, 5.74) is 15.6. The number of hydrogen-bond donors (Lipinski definition) is 0. The first kappa shape index (κ1) is 37.5. The Balaban J connectivity index is 1.14. The van der Waals surface area contributed by atoms with Gasteiger partial charge >= 0.3 is 0 Å². The molecule has 1 aromatic heterocycles. The summed E-state index contributed by atoms with van der Waals surface area (Å²) in [6, 6.07) is 82.7. The van der Waals surface area contributed by atoms with E-state index in [4.69, 9.17) is 15.0 Å². The van der Waals surface area contributed by atoms with Crippen LogP contribution in [0.4, 0.5) is 0 Å². The van der Waals surface area contributed by atoms with E-state index in [0.29, 0.717) is 23.0 Å². The first-order chi connectivity index (χ1) is 31.2. The van der Waals surface area contributed by atoms with Crippen molar-refractivity contribution in [3.05, 3.63) is 258 Å². The summed E-state index contributed by atoms with van der Waals surface area (Å²) < 4.78 is 0. The molecular weight excluding hydrogens is 765 g/mol. The van der Waals surface area contributed by atoms with Gasteiger partial charge in [0.25, 0.3) is 0 Å². The highest BCUT2D eigenvalue weighted by molar-refractivity contribution is 5.97. The summed E-state index contributed by atoms with van der Waals surface area (Å²) in [6.45, 7) is 0. The van der Waals surface area contributed by atoms with Crippen LogP contribution in [0, 0.1) is 11.3 Å². The number of aromatic nitrogens is 3. The van der Waals surface area contributed by atoms with Crippen molar-refractivity contribution in [2.24, 2.45) is 0 Å². The van der Waals surface area contributed by atoms with E-state index in [0.717, 1.165) is 83.5 Å². The normalized spacial score (nSPS) is 12.2. The van der Waals surface area contributed by atoms with Gasteiger partial charge in [0.1, 0.15) is 0 Å². The third-order valence-electron chi connectivity index (χ3n) is 12.3. The molecule has 9 aromatic carbocycles. The van der Waals surface area contributed by atoms with Gasteiger partial charge in [-0.25, -0.2) is 15.0 Å². The van der Waals surface area contributed by atoms with Crippen LogP contribution >= 0.6 is 0 Å². The summed E-state index contributed by atoms with van der Waals surface area (Å²) in [6.07, 6.45) is 0. The Morgan fingerprint density at radius 3 is 1.24 bits per heavy atom. The van der Waals surface area contributed by atoms with Gasteiger partial charge in [-0.1, -0.05) is 224 Å². The second-order valence-electron chi connectivity index (χ2n) is 15.8. The van der Waals surface area contributed by atoms with Gasteiger partial charge in [0.15, 0.2) is 17.5 Å². The van der Waals surface area contributed by atoms with Crippen LogP contribution in [-0.4, -0.2) is 15.0 Å². The molecule has 0 radical (unpaired) electrons. The van der Waals surface area contributed by atoms with Gasteiger partial charge in [0.2, 0.25) is 0 Å². The number of rotatable bonds is 8. The van der Waals surface area contributed by atoms with Gasteiger partial charge < -0.3 is 0 Å². The Labute approximate surface area is 367 Å². The van der Waals surface area contributed by atoms with Crippen LogP contribution in [0.25, 0.3) is 78.7 Å². The summed E-state index contributed by atoms with van der Waals surface area (Å²) in [5, 5.41) is 10.6. The SMILES string of the molecule is N#Cc1cccc2c1-c1cccc(-c3ccccc3-c3nc(-c4ccc(-c5ccccc5)cc4)nc(-c4ccc(-c5ccccc5)cc4)n3)c1C2(c1ccccc1)c1ccccc1. The van der Waals surface area contributed by atoms with Crippen molar-refractivity contribution in [2.45, 2.75) is 5.41 Å². The molecule has 1 heterocycles. The van der Waals surface area contributed by atoms with E-state index in [1.165, 1.54) is 0 Å². The minimum Gasteiger partial charge on any atom is -0.208 e. The molecule has 4 nitrogen and oxygen atoms in total. The second kappa shape index (κ2) is 15.8. The van der Waals surface area contributed by atoms with Gasteiger partial charge in [-0.05, 0) is 67.3 Å². The molecule has 0 bridgehead atoms. The number of benzene rings is 9. The summed E-state index contributed by atoms with van der Waals surface area (Å²) in [4.78, 5) is 15.8. The number of nitrogens with zero attached hydrogens (tertiary/aromatic N) is 4.